The van der Waals surface area contributed by atoms with E-state index >= 15 is 0 Å². The quantitative estimate of drug-likeness (QED) is 0.526. The Hall–Kier alpha value is -2.67. The average molecular weight is 428 g/mol. The molecule has 0 bridgehead atoms. The molecule has 7 heteroatoms. The number of thiophene rings is 1. The first-order valence-electron chi connectivity index (χ1n) is 10.1. The van der Waals surface area contributed by atoms with Crippen molar-refractivity contribution < 1.29 is 14.3 Å². The van der Waals surface area contributed by atoms with Gasteiger partial charge in [0.2, 0.25) is 0 Å². The Morgan fingerprint density at radius 1 is 1.13 bits per heavy atom. The number of hydrogen-bond donors (Lipinski definition) is 0. The monoisotopic (exact) mass is 427 g/mol. The molecule has 3 aromatic rings. The lowest BCUT2D eigenvalue weighted by molar-refractivity contribution is 0.0798. The summed E-state index contributed by atoms with van der Waals surface area (Å²) in [6, 6.07) is 5.94. The lowest BCUT2D eigenvalue weighted by atomic mass is 10.1. The SMILES string of the molecule is CCc1nc(C)c2c(C)c(C(=O)N(C)CCCc3ccc(OC)c(OC)c3)sc2n1. The van der Waals surface area contributed by atoms with Crippen LogP contribution in [-0.2, 0) is 12.8 Å². The molecule has 0 unspecified atom stereocenters. The van der Waals surface area contributed by atoms with Gasteiger partial charge in [0.1, 0.15) is 10.7 Å². The fraction of sp³-hybridized carbons (Fsp3) is 0.435. The molecule has 2 aromatic heterocycles. The number of nitrogens with zero attached hydrogens (tertiary/aromatic N) is 3. The average Bonchev–Trinajstić information content (AvgIpc) is 3.09. The summed E-state index contributed by atoms with van der Waals surface area (Å²) in [5.74, 6) is 2.31. The third kappa shape index (κ3) is 4.41. The molecule has 1 aromatic carbocycles. The van der Waals surface area contributed by atoms with Crippen LogP contribution in [0.5, 0.6) is 11.5 Å². The largest absolute Gasteiger partial charge is 0.493 e. The number of carbonyl (C=O) groups is 1. The van der Waals surface area contributed by atoms with E-state index in [0.29, 0.717) is 6.54 Å². The Morgan fingerprint density at radius 3 is 2.53 bits per heavy atom. The summed E-state index contributed by atoms with van der Waals surface area (Å²) in [7, 11) is 5.12. The molecule has 0 saturated heterocycles. The van der Waals surface area contributed by atoms with Crippen molar-refractivity contribution in [3.05, 3.63) is 45.7 Å². The van der Waals surface area contributed by atoms with Gasteiger partial charge in [0, 0.05) is 31.1 Å². The minimum Gasteiger partial charge on any atom is -0.493 e. The van der Waals surface area contributed by atoms with Gasteiger partial charge in [-0.05, 0) is 49.9 Å². The molecule has 0 radical (unpaired) electrons. The first-order chi connectivity index (χ1) is 14.4. The summed E-state index contributed by atoms with van der Waals surface area (Å²) >= 11 is 1.47. The van der Waals surface area contributed by atoms with Crippen molar-refractivity contribution >= 4 is 27.5 Å². The molecule has 0 spiro atoms. The normalized spacial score (nSPS) is 11.0. The van der Waals surface area contributed by atoms with Gasteiger partial charge < -0.3 is 14.4 Å². The standard InChI is InChI=1S/C23H29N3O3S/c1-7-19-24-15(3)20-14(2)21(30-22(20)25-19)23(27)26(4)12-8-9-16-10-11-17(28-5)18(13-16)29-6/h10-11,13H,7-9,12H2,1-6H3. The summed E-state index contributed by atoms with van der Waals surface area (Å²) in [6.07, 6.45) is 2.50. The van der Waals surface area contributed by atoms with Gasteiger partial charge in [-0.3, -0.25) is 4.79 Å². The summed E-state index contributed by atoms with van der Waals surface area (Å²) in [6.45, 7) is 6.70. The Balaban J connectivity index is 1.69. The zero-order valence-electron chi connectivity index (χ0n) is 18.5. The molecule has 0 aliphatic carbocycles. The number of fused-ring (bicyclic) bond motifs is 1. The molecule has 2 heterocycles. The maximum Gasteiger partial charge on any atom is 0.264 e. The topological polar surface area (TPSA) is 64.6 Å². The molecule has 6 nitrogen and oxygen atoms in total. The molecular weight excluding hydrogens is 398 g/mol. The molecule has 30 heavy (non-hydrogen) atoms. The maximum atomic E-state index is 13.1. The Labute approximate surface area is 181 Å². The van der Waals surface area contributed by atoms with Gasteiger partial charge in [0.05, 0.1) is 19.1 Å². The molecule has 0 aliphatic heterocycles. The predicted molar refractivity (Wildman–Crippen MR) is 121 cm³/mol. The van der Waals surface area contributed by atoms with Crippen molar-refractivity contribution in [2.45, 2.75) is 40.0 Å². The van der Waals surface area contributed by atoms with Crippen LogP contribution in [0.3, 0.4) is 0 Å². The minimum absolute atomic E-state index is 0.0419. The number of benzene rings is 1. The Bertz CT molecular complexity index is 1060. The van der Waals surface area contributed by atoms with E-state index in [4.69, 9.17) is 9.47 Å². The molecule has 0 aliphatic rings. The van der Waals surface area contributed by atoms with E-state index in [-0.39, 0.29) is 5.91 Å². The van der Waals surface area contributed by atoms with Crippen molar-refractivity contribution in [3.8, 4) is 11.5 Å². The summed E-state index contributed by atoms with van der Waals surface area (Å²) < 4.78 is 10.7. The second-order valence-electron chi connectivity index (χ2n) is 7.33. The van der Waals surface area contributed by atoms with Crippen LogP contribution in [0, 0.1) is 13.8 Å². The van der Waals surface area contributed by atoms with Gasteiger partial charge in [-0.1, -0.05) is 13.0 Å². The van der Waals surface area contributed by atoms with Crippen LogP contribution in [0.1, 0.15) is 45.7 Å². The number of aromatic nitrogens is 2. The zero-order chi connectivity index (χ0) is 21.8. The van der Waals surface area contributed by atoms with Crippen LogP contribution in [-0.4, -0.2) is 48.6 Å². The van der Waals surface area contributed by atoms with E-state index in [9.17, 15) is 4.79 Å². The highest BCUT2D eigenvalue weighted by Gasteiger charge is 2.21. The molecule has 160 valence electrons. The Kier molecular flexibility index (Phi) is 6.92. The van der Waals surface area contributed by atoms with Gasteiger partial charge in [-0.15, -0.1) is 11.3 Å². The van der Waals surface area contributed by atoms with E-state index in [0.717, 1.165) is 68.5 Å². The van der Waals surface area contributed by atoms with Gasteiger partial charge >= 0.3 is 0 Å². The second kappa shape index (κ2) is 9.43. The summed E-state index contributed by atoms with van der Waals surface area (Å²) in [5.41, 5.74) is 3.08. The van der Waals surface area contributed by atoms with Crippen molar-refractivity contribution in [1.29, 1.82) is 0 Å². The third-order valence-corrected chi connectivity index (χ3v) is 6.46. The molecule has 0 atom stereocenters. The number of hydrogen-bond acceptors (Lipinski definition) is 6. The van der Waals surface area contributed by atoms with Crippen molar-refractivity contribution in [3.63, 3.8) is 0 Å². The number of carbonyl (C=O) groups excluding carboxylic acids is 1. The van der Waals surface area contributed by atoms with Gasteiger partial charge in [-0.25, -0.2) is 9.97 Å². The summed E-state index contributed by atoms with van der Waals surface area (Å²) in [4.78, 5) is 25.7. The van der Waals surface area contributed by atoms with Crippen LogP contribution in [0.25, 0.3) is 10.2 Å². The maximum absolute atomic E-state index is 13.1. The van der Waals surface area contributed by atoms with Crippen LogP contribution >= 0.6 is 11.3 Å². The number of aryl methyl sites for hydroxylation is 4. The van der Waals surface area contributed by atoms with E-state index in [1.807, 2.05) is 46.0 Å². The number of amides is 1. The highest BCUT2D eigenvalue weighted by atomic mass is 32.1. The second-order valence-corrected chi connectivity index (χ2v) is 8.33. The van der Waals surface area contributed by atoms with Crippen molar-refractivity contribution in [2.75, 3.05) is 27.8 Å². The van der Waals surface area contributed by atoms with E-state index < -0.39 is 0 Å². The van der Waals surface area contributed by atoms with Gasteiger partial charge in [-0.2, -0.15) is 0 Å². The first-order valence-corrected chi connectivity index (χ1v) is 10.9. The lowest BCUT2D eigenvalue weighted by Gasteiger charge is -2.17. The third-order valence-electron chi connectivity index (χ3n) is 5.28. The van der Waals surface area contributed by atoms with Crippen molar-refractivity contribution in [2.24, 2.45) is 0 Å². The van der Waals surface area contributed by atoms with Crippen LogP contribution in [0.4, 0.5) is 0 Å². The molecule has 0 N–H and O–H groups in total. The molecule has 0 fully saturated rings. The van der Waals surface area contributed by atoms with Crippen LogP contribution in [0.15, 0.2) is 18.2 Å². The predicted octanol–water partition coefficient (Wildman–Crippen LogP) is 4.59. The molecule has 0 saturated carbocycles. The molecular formula is C23H29N3O3S. The van der Waals surface area contributed by atoms with Crippen LogP contribution in [0.2, 0.25) is 0 Å². The summed E-state index contributed by atoms with van der Waals surface area (Å²) in [5, 5.41) is 1.01. The number of rotatable bonds is 8. The smallest absolute Gasteiger partial charge is 0.264 e. The van der Waals surface area contributed by atoms with Gasteiger partial charge in [0.15, 0.2) is 11.5 Å². The van der Waals surface area contributed by atoms with Crippen LogP contribution < -0.4 is 9.47 Å². The van der Waals surface area contributed by atoms with Gasteiger partial charge in [0.25, 0.3) is 5.91 Å². The minimum atomic E-state index is 0.0419. The van der Waals surface area contributed by atoms with E-state index in [1.165, 1.54) is 11.3 Å². The highest BCUT2D eigenvalue weighted by molar-refractivity contribution is 7.20. The highest BCUT2D eigenvalue weighted by Crippen LogP contribution is 2.32. The van der Waals surface area contributed by atoms with Crippen molar-refractivity contribution in [1.82, 2.24) is 14.9 Å². The van der Waals surface area contributed by atoms with E-state index in [1.54, 1.807) is 19.1 Å². The zero-order valence-corrected chi connectivity index (χ0v) is 19.4. The Morgan fingerprint density at radius 2 is 1.87 bits per heavy atom. The number of methoxy groups -OCH3 is 2. The first kappa shape index (κ1) is 22.0. The van der Waals surface area contributed by atoms with E-state index in [2.05, 4.69) is 9.97 Å². The molecule has 3 rings (SSSR count). The lowest BCUT2D eigenvalue weighted by Crippen LogP contribution is -2.27. The fourth-order valence-corrected chi connectivity index (χ4v) is 4.83. The number of ether oxygens (including phenoxy) is 2. The molecule has 1 amide bonds. The fourth-order valence-electron chi connectivity index (χ4n) is 3.59.